The maximum Gasteiger partial charge on any atom is 0.344 e. The third kappa shape index (κ3) is 4.66. The molecule has 6 heteroatoms. The lowest BCUT2D eigenvalue weighted by Gasteiger charge is -2.32. The molecule has 0 spiro atoms. The Kier molecular flexibility index (Phi) is 6.06. The van der Waals surface area contributed by atoms with Gasteiger partial charge < -0.3 is 23.5 Å². The van der Waals surface area contributed by atoms with Gasteiger partial charge >= 0.3 is 5.63 Å². The van der Waals surface area contributed by atoms with Gasteiger partial charge in [-0.1, -0.05) is 12.1 Å². The van der Waals surface area contributed by atoms with Crippen LogP contribution in [0.5, 0.6) is 11.5 Å². The summed E-state index contributed by atoms with van der Waals surface area (Å²) in [7, 11) is 1.61. The van der Waals surface area contributed by atoms with E-state index in [2.05, 4.69) is 13.8 Å². The van der Waals surface area contributed by atoms with Gasteiger partial charge in [0.2, 0.25) is 0 Å². The van der Waals surface area contributed by atoms with Gasteiger partial charge in [0.15, 0.2) is 0 Å². The summed E-state index contributed by atoms with van der Waals surface area (Å²) < 4.78 is 22.5. The van der Waals surface area contributed by atoms with Crippen molar-refractivity contribution in [1.29, 1.82) is 0 Å². The predicted molar refractivity (Wildman–Crippen MR) is 116 cm³/mol. The number of rotatable bonds is 6. The lowest BCUT2D eigenvalue weighted by atomic mass is 10.1. The molecule has 0 saturated carbocycles. The molecule has 0 radical (unpaired) electrons. The Hall–Kier alpha value is -2.83. The molecule has 1 aliphatic heterocycles. The number of fused-ring (bicyclic) bond motifs is 1. The third-order valence-corrected chi connectivity index (χ3v) is 5.45. The van der Waals surface area contributed by atoms with Crippen molar-refractivity contribution in [1.82, 2.24) is 0 Å². The first-order valence-electron chi connectivity index (χ1n) is 10.4. The zero-order valence-corrected chi connectivity index (χ0v) is 17.6. The first-order valence-corrected chi connectivity index (χ1v) is 10.4. The van der Waals surface area contributed by atoms with Crippen molar-refractivity contribution in [3.8, 4) is 22.6 Å². The lowest BCUT2D eigenvalue weighted by Crippen LogP contribution is -3.16. The summed E-state index contributed by atoms with van der Waals surface area (Å²) in [5.74, 6) is 1.45. The molecule has 1 aromatic heterocycles. The van der Waals surface area contributed by atoms with Crippen LogP contribution < -0.4 is 20.0 Å². The third-order valence-electron chi connectivity index (χ3n) is 5.45. The van der Waals surface area contributed by atoms with Crippen LogP contribution in [0.4, 0.5) is 0 Å². The van der Waals surface area contributed by atoms with Crippen LogP contribution in [0, 0.1) is 0 Å². The monoisotopic (exact) mass is 410 g/mol. The van der Waals surface area contributed by atoms with Gasteiger partial charge in [0.25, 0.3) is 0 Å². The average Bonchev–Trinajstić information content (AvgIpc) is 2.72. The highest BCUT2D eigenvalue weighted by molar-refractivity contribution is 5.82. The minimum atomic E-state index is -0.370. The number of hydrogen-bond acceptors (Lipinski definition) is 5. The SMILES string of the molecule is COc1ccc(-c2cc3ccc(OCC[NH+]4C[C@@H](C)O[C@@H](C)C4)cc3oc2=O)cc1. The molecule has 30 heavy (non-hydrogen) atoms. The smallest absolute Gasteiger partial charge is 0.344 e. The van der Waals surface area contributed by atoms with Crippen molar-refractivity contribution in [2.24, 2.45) is 0 Å². The number of methoxy groups -OCH3 is 1. The van der Waals surface area contributed by atoms with Crippen molar-refractivity contribution in [3.63, 3.8) is 0 Å². The molecule has 2 aromatic carbocycles. The van der Waals surface area contributed by atoms with Gasteiger partial charge in [-0.3, -0.25) is 0 Å². The van der Waals surface area contributed by atoms with Crippen LogP contribution in [-0.4, -0.2) is 45.6 Å². The maximum atomic E-state index is 12.5. The van der Waals surface area contributed by atoms with Gasteiger partial charge in [-0.2, -0.15) is 0 Å². The fourth-order valence-electron chi connectivity index (χ4n) is 4.06. The van der Waals surface area contributed by atoms with Crippen LogP contribution in [-0.2, 0) is 4.74 Å². The Morgan fingerprint density at radius 2 is 1.70 bits per heavy atom. The second kappa shape index (κ2) is 8.90. The average molecular weight is 410 g/mol. The maximum absolute atomic E-state index is 12.5. The number of hydrogen-bond donors (Lipinski definition) is 1. The van der Waals surface area contributed by atoms with E-state index < -0.39 is 0 Å². The first kappa shape index (κ1) is 20.4. The van der Waals surface area contributed by atoms with E-state index in [4.69, 9.17) is 18.6 Å². The zero-order chi connectivity index (χ0) is 21.1. The molecule has 1 aliphatic rings. The van der Waals surface area contributed by atoms with E-state index in [0.29, 0.717) is 23.5 Å². The van der Waals surface area contributed by atoms with Gasteiger partial charge in [0, 0.05) is 11.5 Å². The highest BCUT2D eigenvalue weighted by atomic mass is 16.5. The van der Waals surface area contributed by atoms with Gasteiger partial charge in [-0.25, -0.2) is 4.79 Å². The van der Waals surface area contributed by atoms with Crippen LogP contribution in [0.25, 0.3) is 22.1 Å². The van der Waals surface area contributed by atoms with Crippen molar-refractivity contribution >= 4 is 11.0 Å². The molecule has 1 fully saturated rings. The molecule has 158 valence electrons. The van der Waals surface area contributed by atoms with E-state index in [1.165, 1.54) is 4.90 Å². The Labute approximate surface area is 176 Å². The minimum absolute atomic E-state index is 0.276. The molecular formula is C24H28NO5+. The second-order valence-electron chi connectivity index (χ2n) is 7.89. The number of ether oxygens (including phenoxy) is 3. The molecule has 0 bridgehead atoms. The molecule has 0 aliphatic carbocycles. The van der Waals surface area contributed by atoms with Gasteiger partial charge in [0.1, 0.15) is 55.5 Å². The van der Waals surface area contributed by atoms with Gasteiger partial charge in [0.05, 0.1) is 12.7 Å². The molecule has 1 saturated heterocycles. The summed E-state index contributed by atoms with van der Waals surface area (Å²) in [6, 6.07) is 14.8. The van der Waals surface area contributed by atoms with Gasteiger partial charge in [-0.05, 0) is 49.7 Å². The zero-order valence-electron chi connectivity index (χ0n) is 17.6. The van der Waals surface area contributed by atoms with Crippen LogP contribution in [0.3, 0.4) is 0 Å². The van der Waals surface area contributed by atoms with E-state index in [1.807, 2.05) is 42.5 Å². The van der Waals surface area contributed by atoms with Gasteiger partial charge in [-0.15, -0.1) is 0 Å². The lowest BCUT2D eigenvalue weighted by molar-refractivity contribution is -0.915. The molecule has 4 rings (SSSR count). The van der Waals surface area contributed by atoms with E-state index >= 15 is 0 Å². The van der Waals surface area contributed by atoms with E-state index in [1.54, 1.807) is 13.2 Å². The topological polar surface area (TPSA) is 62.3 Å². The number of benzene rings is 2. The highest BCUT2D eigenvalue weighted by Crippen LogP contribution is 2.25. The van der Waals surface area contributed by atoms with Crippen molar-refractivity contribution in [2.45, 2.75) is 26.1 Å². The summed E-state index contributed by atoms with van der Waals surface area (Å²) >= 11 is 0. The van der Waals surface area contributed by atoms with Crippen LogP contribution in [0.1, 0.15) is 13.8 Å². The minimum Gasteiger partial charge on any atom is -0.497 e. The highest BCUT2D eigenvalue weighted by Gasteiger charge is 2.25. The predicted octanol–water partition coefficient (Wildman–Crippen LogP) is 2.54. The molecule has 2 heterocycles. The van der Waals surface area contributed by atoms with Crippen molar-refractivity contribution < 1.29 is 23.5 Å². The summed E-state index contributed by atoms with van der Waals surface area (Å²) in [4.78, 5) is 14.0. The standard InChI is InChI=1S/C24H27NO5/c1-16-14-25(15-17(2)29-16)10-11-28-21-9-6-19-12-22(24(26)30-23(19)13-21)18-4-7-20(27-3)8-5-18/h4-9,12-13,16-17H,10-11,14-15H2,1-3H3/p+1/t16-,17+. The fraction of sp³-hybridized carbons (Fsp3) is 0.375. The quantitative estimate of drug-likeness (QED) is 0.633. The van der Waals surface area contributed by atoms with E-state index in [0.717, 1.165) is 36.3 Å². The van der Waals surface area contributed by atoms with Crippen molar-refractivity contribution in [2.75, 3.05) is 33.4 Å². The molecular weight excluding hydrogens is 382 g/mol. The van der Waals surface area contributed by atoms with E-state index in [9.17, 15) is 4.79 Å². The van der Waals surface area contributed by atoms with Crippen LogP contribution >= 0.6 is 0 Å². The first-order chi connectivity index (χ1) is 14.5. The van der Waals surface area contributed by atoms with Crippen LogP contribution in [0.2, 0.25) is 0 Å². The molecule has 3 aromatic rings. The molecule has 6 nitrogen and oxygen atoms in total. The molecule has 3 atom stereocenters. The van der Waals surface area contributed by atoms with E-state index in [-0.39, 0.29) is 17.8 Å². The summed E-state index contributed by atoms with van der Waals surface area (Å²) in [6.45, 7) is 7.73. The summed E-state index contributed by atoms with van der Waals surface area (Å²) in [5.41, 5.74) is 1.47. The van der Waals surface area contributed by atoms with Crippen LogP contribution in [0.15, 0.2) is 57.7 Å². The Morgan fingerprint density at radius 3 is 2.40 bits per heavy atom. The second-order valence-corrected chi connectivity index (χ2v) is 7.89. The Morgan fingerprint density at radius 1 is 1.00 bits per heavy atom. The van der Waals surface area contributed by atoms with Crippen molar-refractivity contribution in [3.05, 3.63) is 59.0 Å². The Bertz CT molecular complexity index is 1050. The largest absolute Gasteiger partial charge is 0.497 e. The summed E-state index contributed by atoms with van der Waals surface area (Å²) in [5, 5.41) is 0.856. The number of morpholine rings is 1. The number of nitrogens with one attached hydrogen (secondary N) is 1. The molecule has 1 N–H and O–H groups in total. The fourth-order valence-corrected chi connectivity index (χ4v) is 4.06. The molecule has 1 unspecified atom stereocenters. The molecule has 0 amide bonds. The number of quaternary nitrogens is 1. The Balaban J connectivity index is 1.46. The normalized spacial score (nSPS) is 21.5. The summed E-state index contributed by atoms with van der Waals surface area (Å²) in [6.07, 6.45) is 0.553.